The maximum atomic E-state index is 12.6. The van der Waals surface area contributed by atoms with E-state index in [0.717, 1.165) is 16.0 Å². The summed E-state index contributed by atoms with van der Waals surface area (Å²) in [7, 11) is 0. The number of hydrogen-bond acceptors (Lipinski definition) is 7. The largest absolute Gasteiger partial charge is 0.368 e. The topological polar surface area (TPSA) is 98.7 Å². The zero-order chi connectivity index (χ0) is 17.3. The van der Waals surface area contributed by atoms with Gasteiger partial charge in [-0.15, -0.1) is 10.2 Å². The van der Waals surface area contributed by atoms with Crippen molar-refractivity contribution >= 4 is 61.9 Å². The summed E-state index contributed by atoms with van der Waals surface area (Å²) in [6.07, 6.45) is 0. The van der Waals surface area contributed by atoms with Crippen LogP contribution in [0.2, 0.25) is 5.02 Å². The summed E-state index contributed by atoms with van der Waals surface area (Å²) in [5.41, 5.74) is 6.64. The molecule has 1 unspecified atom stereocenters. The second kappa shape index (κ2) is 6.96. The molecule has 0 aliphatic rings. The van der Waals surface area contributed by atoms with Gasteiger partial charge in [-0.2, -0.15) is 0 Å². The number of thioether (sulfide) groups is 1. The monoisotopic (exact) mass is 382 g/mol. The Bertz CT molecular complexity index is 893. The lowest BCUT2D eigenvalue weighted by atomic mass is 10.3. The zero-order valence-corrected chi connectivity index (χ0v) is 15.4. The molecule has 0 bridgehead atoms. The van der Waals surface area contributed by atoms with Crippen molar-refractivity contribution in [3.8, 4) is 0 Å². The highest BCUT2D eigenvalue weighted by Gasteiger charge is 2.22. The third kappa shape index (κ3) is 3.33. The number of carbonyl (C=O) groups is 1. The second-order valence-corrected chi connectivity index (χ2v) is 7.64. The van der Waals surface area contributed by atoms with Crippen molar-refractivity contribution in [3.63, 3.8) is 0 Å². The van der Waals surface area contributed by atoms with Crippen LogP contribution in [0.25, 0.3) is 10.2 Å². The minimum atomic E-state index is -0.551. The second-order valence-electron chi connectivity index (χ2n) is 4.94. The van der Waals surface area contributed by atoms with E-state index in [0.29, 0.717) is 15.3 Å². The number of nitrogens with zero attached hydrogens (tertiary/aromatic N) is 4. The van der Waals surface area contributed by atoms with Gasteiger partial charge in [0.2, 0.25) is 11.9 Å². The number of carbonyl (C=O) groups excluding carboxylic acids is 1. The molecule has 0 aliphatic heterocycles. The van der Waals surface area contributed by atoms with Gasteiger partial charge in [-0.25, -0.2) is 4.98 Å². The third-order valence-corrected chi connectivity index (χ3v) is 5.31. The first-order valence-electron chi connectivity index (χ1n) is 7.19. The summed E-state index contributed by atoms with van der Waals surface area (Å²) in [4.78, 5) is 16.9. The molecule has 1 amide bonds. The SMILES string of the molecule is CCSc1nnc(N)n1C(C)C(=O)Nc1nc2ccc(Cl)cc2s1. The summed E-state index contributed by atoms with van der Waals surface area (Å²) >= 11 is 8.82. The first kappa shape index (κ1) is 17.0. The minimum absolute atomic E-state index is 0.213. The molecular weight excluding hydrogens is 368 g/mol. The molecule has 0 spiro atoms. The minimum Gasteiger partial charge on any atom is -0.368 e. The van der Waals surface area contributed by atoms with E-state index >= 15 is 0 Å². The van der Waals surface area contributed by atoms with Gasteiger partial charge < -0.3 is 11.1 Å². The van der Waals surface area contributed by atoms with Gasteiger partial charge in [0.1, 0.15) is 6.04 Å². The molecule has 7 nitrogen and oxygen atoms in total. The van der Waals surface area contributed by atoms with Crippen LogP contribution < -0.4 is 11.1 Å². The van der Waals surface area contributed by atoms with Crippen molar-refractivity contribution in [1.29, 1.82) is 0 Å². The van der Waals surface area contributed by atoms with Gasteiger partial charge in [-0.05, 0) is 30.9 Å². The molecule has 126 valence electrons. The molecule has 10 heteroatoms. The summed E-state index contributed by atoms with van der Waals surface area (Å²) in [5.74, 6) is 0.791. The normalized spacial score (nSPS) is 12.5. The van der Waals surface area contributed by atoms with Crippen LogP contribution in [0.3, 0.4) is 0 Å². The average molecular weight is 383 g/mol. The standard InChI is InChI=1S/C14H15ClN6OS2/c1-3-23-14-20-19-12(16)21(14)7(2)11(22)18-13-17-9-5-4-8(15)6-10(9)24-13/h4-7H,3H2,1-2H3,(H2,16,19)(H,17,18,22). The summed E-state index contributed by atoms with van der Waals surface area (Å²) < 4.78 is 2.53. The molecule has 0 radical (unpaired) electrons. The summed E-state index contributed by atoms with van der Waals surface area (Å²) in [6.45, 7) is 3.75. The number of nitrogen functional groups attached to an aromatic ring is 1. The highest BCUT2D eigenvalue weighted by molar-refractivity contribution is 7.99. The maximum absolute atomic E-state index is 12.6. The number of hydrogen-bond donors (Lipinski definition) is 2. The third-order valence-electron chi connectivity index (χ3n) is 3.31. The van der Waals surface area contributed by atoms with Gasteiger partial charge in [-0.1, -0.05) is 41.6 Å². The van der Waals surface area contributed by atoms with Crippen molar-refractivity contribution in [3.05, 3.63) is 23.2 Å². The molecule has 1 atom stereocenters. The van der Waals surface area contributed by atoms with E-state index < -0.39 is 6.04 Å². The average Bonchev–Trinajstić information content (AvgIpc) is 3.09. The Balaban J connectivity index is 1.82. The van der Waals surface area contributed by atoms with Crippen molar-refractivity contribution in [2.75, 3.05) is 16.8 Å². The highest BCUT2D eigenvalue weighted by atomic mass is 35.5. The van der Waals surface area contributed by atoms with Gasteiger partial charge >= 0.3 is 0 Å². The lowest BCUT2D eigenvalue weighted by Gasteiger charge is -2.15. The summed E-state index contributed by atoms with van der Waals surface area (Å²) in [6, 6.07) is 4.86. The first-order valence-corrected chi connectivity index (χ1v) is 9.37. The Hall–Kier alpha value is -1.84. The number of benzene rings is 1. The van der Waals surface area contributed by atoms with Crippen molar-refractivity contribution in [2.24, 2.45) is 0 Å². The summed E-state index contributed by atoms with van der Waals surface area (Å²) in [5, 5.41) is 12.4. The molecule has 24 heavy (non-hydrogen) atoms. The molecule has 3 N–H and O–H groups in total. The number of fused-ring (bicyclic) bond motifs is 1. The Labute approximate surface area is 151 Å². The molecule has 1 aromatic carbocycles. The fourth-order valence-electron chi connectivity index (χ4n) is 2.16. The number of amides is 1. The van der Waals surface area contributed by atoms with Gasteiger partial charge in [-0.3, -0.25) is 9.36 Å². The lowest BCUT2D eigenvalue weighted by Crippen LogP contribution is -2.25. The van der Waals surface area contributed by atoms with E-state index in [1.54, 1.807) is 17.6 Å². The highest BCUT2D eigenvalue weighted by Crippen LogP contribution is 2.29. The van der Waals surface area contributed by atoms with Crippen LogP contribution in [-0.4, -0.2) is 31.4 Å². The fourth-order valence-corrected chi connectivity index (χ4v) is 4.05. The van der Waals surface area contributed by atoms with E-state index in [1.807, 2.05) is 19.1 Å². The van der Waals surface area contributed by atoms with Crippen molar-refractivity contribution in [2.45, 2.75) is 25.0 Å². The molecule has 2 aromatic heterocycles. The van der Waals surface area contributed by atoms with Gasteiger partial charge in [0.25, 0.3) is 0 Å². The number of rotatable bonds is 5. The predicted molar refractivity (Wildman–Crippen MR) is 98.8 cm³/mol. The molecular formula is C14H15ClN6OS2. The molecule has 3 rings (SSSR count). The number of nitrogens with one attached hydrogen (secondary N) is 1. The van der Waals surface area contributed by atoms with Crippen LogP contribution in [0, 0.1) is 0 Å². The number of anilines is 2. The molecule has 0 aliphatic carbocycles. The predicted octanol–water partition coefficient (Wildman–Crippen LogP) is 3.44. The van der Waals surface area contributed by atoms with Gasteiger partial charge in [0.05, 0.1) is 10.2 Å². The van der Waals surface area contributed by atoms with E-state index in [9.17, 15) is 4.79 Å². The van der Waals surface area contributed by atoms with Crippen LogP contribution in [0.4, 0.5) is 11.1 Å². The van der Waals surface area contributed by atoms with Crippen LogP contribution in [0.5, 0.6) is 0 Å². The Morgan fingerprint density at radius 2 is 2.29 bits per heavy atom. The molecule has 0 fully saturated rings. The van der Waals surface area contributed by atoms with Crippen LogP contribution >= 0.6 is 34.7 Å². The number of halogens is 1. The number of nitrogens with two attached hydrogens (primary N) is 1. The molecule has 2 heterocycles. The smallest absolute Gasteiger partial charge is 0.249 e. The van der Waals surface area contributed by atoms with Crippen LogP contribution in [-0.2, 0) is 4.79 Å². The molecule has 3 aromatic rings. The van der Waals surface area contributed by atoms with Crippen LogP contribution in [0.1, 0.15) is 19.9 Å². The molecule has 0 saturated carbocycles. The Morgan fingerprint density at radius 1 is 1.50 bits per heavy atom. The van der Waals surface area contributed by atoms with E-state index in [2.05, 4.69) is 20.5 Å². The first-order chi connectivity index (χ1) is 11.5. The van der Waals surface area contributed by atoms with Crippen LogP contribution in [0.15, 0.2) is 23.4 Å². The maximum Gasteiger partial charge on any atom is 0.249 e. The fraction of sp³-hybridized carbons (Fsp3) is 0.286. The lowest BCUT2D eigenvalue weighted by molar-refractivity contribution is -0.118. The van der Waals surface area contributed by atoms with Gasteiger partial charge in [0.15, 0.2) is 10.3 Å². The van der Waals surface area contributed by atoms with Gasteiger partial charge in [0, 0.05) is 5.02 Å². The van der Waals surface area contributed by atoms with Crippen molar-refractivity contribution < 1.29 is 4.79 Å². The molecule has 0 saturated heterocycles. The van der Waals surface area contributed by atoms with E-state index in [4.69, 9.17) is 17.3 Å². The number of thiazole rings is 1. The van der Waals surface area contributed by atoms with E-state index in [1.165, 1.54) is 23.1 Å². The zero-order valence-electron chi connectivity index (χ0n) is 13.0. The quantitative estimate of drug-likeness (QED) is 0.656. The number of aromatic nitrogens is 4. The van der Waals surface area contributed by atoms with E-state index in [-0.39, 0.29) is 11.9 Å². The Kier molecular flexibility index (Phi) is 4.93. The Morgan fingerprint density at radius 3 is 3.04 bits per heavy atom. The van der Waals surface area contributed by atoms with Crippen molar-refractivity contribution in [1.82, 2.24) is 19.7 Å².